The van der Waals surface area contributed by atoms with E-state index in [4.69, 9.17) is 14.6 Å². The summed E-state index contributed by atoms with van der Waals surface area (Å²) < 4.78 is 10.4. The first-order chi connectivity index (χ1) is 11.0. The largest absolute Gasteiger partial charge is 0.460 e. The Hall–Kier alpha value is -0.640. The summed E-state index contributed by atoms with van der Waals surface area (Å²) in [6, 6.07) is 0. The molecule has 134 valence electrons. The Balaban J connectivity index is 2.48. The molecule has 1 atom stereocenters. The van der Waals surface area contributed by atoms with Crippen molar-refractivity contribution in [3.8, 4) is 0 Å². The molecule has 1 unspecified atom stereocenters. The van der Waals surface area contributed by atoms with Gasteiger partial charge in [0, 0.05) is 18.1 Å². The number of amides is 1. The summed E-state index contributed by atoms with van der Waals surface area (Å²) in [6.07, 6.45) is 0.205. The molecule has 0 aromatic carbocycles. The van der Waals surface area contributed by atoms with Gasteiger partial charge < -0.3 is 25.0 Å². The number of ether oxygens (including phenoxy) is 2. The summed E-state index contributed by atoms with van der Waals surface area (Å²) in [5.41, 5.74) is -1.30. The molecule has 0 bridgehead atoms. The number of carbonyl (C=O) groups excluding carboxylic acids is 2. The van der Waals surface area contributed by atoms with Gasteiger partial charge in [0.25, 0.3) is 0 Å². The normalized spacial score (nSPS) is 19.1. The lowest BCUT2D eigenvalue weighted by atomic mass is 9.93. The molecule has 0 aliphatic carbocycles. The van der Waals surface area contributed by atoms with Gasteiger partial charge >= 0.3 is 12.1 Å². The van der Waals surface area contributed by atoms with Crippen LogP contribution in [0.4, 0.5) is 4.79 Å². The number of esters is 1. The maximum atomic E-state index is 12.3. The van der Waals surface area contributed by atoms with Crippen LogP contribution in [0.2, 0.25) is 0 Å². The summed E-state index contributed by atoms with van der Waals surface area (Å²) in [4.78, 5) is 23.7. The maximum absolute atomic E-state index is 12.3. The SMILES string of the molecule is CC(CO)(COC(=O)NCCO)C(=O)OC1CSCCCSC1. The summed E-state index contributed by atoms with van der Waals surface area (Å²) in [5, 5.41) is 20.4. The fraction of sp³-hybridized carbons (Fsp3) is 0.857. The Bertz CT molecular complexity index is 376. The lowest BCUT2D eigenvalue weighted by Crippen LogP contribution is -2.42. The van der Waals surface area contributed by atoms with Crippen LogP contribution in [-0.2, 0) is 14.3 Å². The van der Waals surface area contributed by atoms with Gasteiger partial charge in [-0.1, -0.05) is 0 Å². The number of rotatable bonds is 7. The average Bonchev–Trinajstić information content (AvgIpc) is 2.52. The van der Waals surface area contributed by atoms with Crippen LogP contribution in [0.25, 0.3) is 0 Å². The van der Waals surface area contributed by atoms with E-state index in [9.17, 15) is 14.7 Å². The highest BCUT2D eigenvalue weighted by molar-refractivity contribution is 8.00. The van der Waals surface area contributed by atoms with Crippen molar-refractivity contribution in [2.24, 2.45) is 5.41 Å². The smallest absolute Gasteiger partial charge is 0.407 e. The van der Waals surface area contributed by atoms with E-state index in [-0.39, 0.29) is 25.9 Å². The van der Waals surface area contributed by atoms with Crippen molar-refractivity contribution in [3.63, 3.8) is 0 Å². The number of hydrogen-bond acceptors (Lipinski definition) is 8. The molecular weight excluding hydrogens is 342 g/mol. The highest BCUT2D eigenvalue weighted by Gasteiger charge is 2.37. The van der Waals surface area contributed by atoms with E-state index < -0.39 is 24.1 Å². The first kappa shape index (κ1) is 20.4. The van der Waals surface area contributed by atoms with Crippen molar-refractivity contribution in [3.05, 3.63) is 0 Å². The maximum Gasteiger partial charge on any atom is 0.407 e. The standard InChI is InChI=1S/C14H25NO6S2/c1-14(9-17,10-20-13(19)15-3-4-16)12(18)21-11-7-22-5-2-6-23-8-11/h11,16-17H,2-10H2,1H3,(H,15,19). The fourth-order valence-electron chi connectivity index (χ4n) is 1.71. The quantitative estimate of drug-likeness (QED) is 0.558. The van der Waals surface area contributed by atoms with E-state index in [0.29, 0.717) is 0 Å². The number of thioether (sulfide) groups is 2. The van der Waals surface area contributed by atoms with Crippen LogP contribution in [0.15, 0.2) is 0 Å². The van der Waals surface area contributed by atoms with Crippen LogP contribution < -0.4 is 5.32 Å². The first-order valence-electron chi connectivity index (χ1n) is 7.51. The van der Waals surface area contributed by atoms with Crippen molar-refractivity contribution in [2.45, 2.75) is 19.4 Å². The number of carbonyl (C=O) groups is 2. The minimum atomic E-state index is -1.30. The molecule has 0 spiro atoms. The highest BCUT2D eigenvalue weighted by atomic mass is 32.2. The van der Waals surface area contributed by atoms with Crippen LogP contribution in [0.3, 0.4) is 0 Å². The van der Waals surface area contributed by atoms with E-state index in [1.54, 1.807) is 23.5 Å². The minimum absolute atomic E-state index is 0.0651. The number of hydrogen-bond donors (Lipinski definition) is 3. The molecule has 7 nitrogen and oxygen atoms in total. The molecule has 0 radical (unpaired) electrons. The van der Waals surface area contributed by atoms with E-state index in [2.05, 4.69) is 5.32 Å². The molecule has 0 aromatic heterocycles. The van der Waals surface area contributed by atoms with Gasteiger partial charge in [-0.15, -0.1) is 0 Å². The van der Waals surface area contributed by atoms with E-state index in [1.807, 2.05) is 0 Å². The molecule has 1 amide bonds. The molecule has 0 saturated carbocycles. The molecule has 9 heteroatoms. The summed E-state index contributed by atoms with van der Waals surface area (Å²) in [6.45, 7) is 0.595. The van der Waals surface area contributed by atoms with Crippen LogP contribution in [0, 0.1) is 5.41 Å². The van der Waals surface area contributed by atoms with E-state index in [1.165, 1.54) is 6.92 Å². The van der Waals surface area contributed by atoms with Gasteiger partial charge in [-0.2, -0.15) is 23.5 Å². The molecular formula is C14H25NO6S2. The minimum Gasteiger partial charge on any atom is -0.460 e. The van der Waals surface area contributed by atoms with Crippen molar-refractivity contribution < 1.29 is 29.3 Å². The molecule has 1 rings (SSSR count). The van der Waals surface area contributed by atoms with Gasteiger partial charge in [-0.25, -0.2) is 4.79 Å². The second-order valence-corrected chi connectivity index (χ2v) is 7.78. The lowest BCUT2D eigenvalue weighted by molar-refractivity contribution is -0.163. The lowest BCUT2D eigenvalue weighted by Gasteiger charge is -2.28. The van der Waals surface area contributed by atoms with Crippen molar-refractivity contribution >= 4 is 35.6 Å². The second kappa shape index (κ2) is 11.0. The molecule has 3 N–H and O–H groups in total. The Labute approximate surface area is 144 Å². The van der Waals surface area contributed by atoms with Gasteiger partial charge in [0.15, 0.2) is 0 Å². The van der Waals surface area contributed by atoms with Gasteiger partial charge in [-0.05, 0) is 24.9 Å². The molecule has 1 aliphatic rings. The van der Waals surface area contributed by atoms with E-state index in [0.717, 1.165) is 29.4 Å². The zero-order chi connectivity index (χ0) is 17.1. The zero-order valence-corrected chi connectivity index (χ0v) is 14.9. The van der Waals surface area contributed by atoms with Crippen molar-refractivity contribution in [1.29, 1.82) is 0 Å². The van der Waals surface area contributed by atoms with Crippen molar-refractivity contribution in [2.75, 3.05) is 49.4 Å². The third kappa shape index (κ3) is 7.65. The summed E-state index contributed by atoms with van der Waals surface area (Å²) >= 11 is 3.51. The van der Waals surface area contributed by atoms with Gasteiger partial charge in [-0.3, -0.25) is 4.79 Å². The third-order valence-electron chi connectivity index (χ3n) is 3.20. The zero-order valence-electron chi connectivity index (χ0n) is 13.3. The fourth-order valence-corrected chi connectivity index (χ4v) is 3.97. The monoisotopic (exact) mass is 367 g/mol. The second-order valence-electron chi connectivity index (χ2n) is 5.48. The Morgan fingerprint density at radius 3 is 2.48 bits per heavy atom. The predicted molar refractivity (Wildman–Crippen MR) is 90.8 cm³/mol. The van der Waals surface area contributed by atoms with Gasteiger partial charge in [0.05, 0.1) is 13.2 Å². The Morgan fingerprint density at radius 2 is 1.91 bits per heavy atom. The molecule has 1 fully saturated rings. The number of aliphatic hydroxyl groups excluding tert-OH is 2. The van der Waals surface area contributed by atoms with E-state index >= 15 is 0 Å². The third-order valence-corrected chi connectivity index (χ3v) is 5.57. The number of aliphatic hydroxyl groups is 2. The van der Waals surface area contributed by atoms with Crippen LogP contribution >= 0.6 is 23.5 Å². The molecule has 23 heavy (non-hydrogen) atoms. The molecule has 0 aromatic rings. The van der Waals surface area contributed by atoms with Gasteiger partial charge in [0.1, 0.15) is 18.1 Å². The molecule has 1 aliphatic heterocycles. The average molecular weight is 367 g/mol. The van der Waals surface area contributed by atoms with Crippen molar-refractivity contribution in [1.82, 2.24) is 5.32 Å². The summed E-state index contributed by atoms with van der Waals surface area (Å²) in [7, 11) is 0. The topological polar surface area (TPSA) is 105 Å². The van der Waals surface area contributed by atoms with Crippen LogP contribution in [-0.4, -0.2) is 77.8 Å². The van der Waals surface area contributed by atoms with Gasteiger partial charge in [0.2, 0.25) is 0 Å². The number of nitrogens with one attached hydrogen (secondary N) is 1. The Kier molecular flexibility index (Phi) is 9.77. The Morgan fingerprint density at radius 1 is 1.26 bits per heavy atom. The molecule has 1 saturated heterocycles. The highest BCUT2D eigenvalue weighted by Crippen LogP contribution is 2.23. The van der Waals surface area contributed by atoms with Crippen LogP contribution in [0.5, 0.6) is 0 Å². The predicted octanol–water partition coefficient (Wildman–Crippen LogP) is 0.485. The van der Waals surface area contributed by atoms with Crippen LogP contribution in [0.1, 0.15) is 13.3 Å². The molecule has 1 heterocycles. The first-order valence-corrected chi connectivity index (χ1v) is 9.81. The summed E-state index contributed by atoms with van der Waals surface area (Å²) in [5.74, 6) is 3.00. The number of alkyl carbamates (subject to hydrolysis) is 1.